The molecule has 3 N–H and O–H groups in total. The topological polar surface area (TPSA) is 217 Å². The highest BCUT2D eigenvalue weighted by molar-refractivity contribution is 5.85. The molecular formula is C47H68N6O12. The van der Waals surface area contributed by atoms with E-state index in [0.29, 0.717) is 12.2 Å². The van der Waals surface area contributed by atoms with Gasteiger partial charge in [-0.05, 0) is 72.7 Å². The van der Waals surface area contributed by atoms with Crippen LogP contribution in [0.3, 0.4) is 0 Å². The summed E-state index contributed by atoms with van der Waals surface area (Å²) in [6, 6.07) is 8.00. The maximum atomic E-state index is 14.6. The second-order valence-corrected chi connectivity index (χ2v) is 18.5. The Bertz CT molecular complexity index is 2000. The number of aliphatic hydroxyl groups is 1. The van der Waals surface area contributed by atoms with Crippen molar-refractivity contribution in [1.82, 2.24) is 30.4 Å². The molecule has 5 rings (SSSR count). The number of amides is 3. The van der Waals surface area contributed by atoms with E-state index in [1.807, 2.05) is 56.3 Å². The van der Waals surface area contributed by atoms with E-state index in [2.05, 4.69) is 20.6 Å². The van der Waals surface area contributed by atoms with E-state index < -0.39 is 102 Å². The average molecular weight is 909 g/mol. The first-order chi connectivity index (χ1) is 30.6. The van der Waals surface area contributed by atoms with Gasteiger partial charge >= 0.3 is 24.2 Å². The number of nitrogens with one attached hydrogen (secondary N) is 2. The highest BCUT2D eigenvalue weighted by Crippen LogP contribution is 2.42. The summed E-state index contributed by atoms with van der Waals surface area (Å²) in [6.45, 7) is 13.5. The molecule has 358 valence electrons. The van der Waals surface area contributed by atoms with Crippen molar-refractivity contribution >= 4 is 36.1 Å². The third kappa shape index (κ3) is 11.8. The van der Waals surface area contributed by atoms with Crippen molar-refractivity contribution in [2.45, 2.75) is 135 Å². The molecule has 14 atom stereocenters. The molecule has 0 unspecified atom stereocenters. The molecule has 65 heavy (non-hydrogen) atoms. The largest absolute Gasteiger partial charge is 0.458 e. The summed E-state index contributed by atoms with van der Waals surface area (Å²) in [4.78, 5) is 81.2. The second kappa shape index (κ2) is 21.4. The Morgan fingerprint density at radius 2 is 1.66 bits per heavy atom. The van der Waals surface area contributed by atoms with Crippen molar-refractivity contribution in [3.63, 3.8) is 0 Å². The molecule has 18 nitrogen and oxygen atoms in total. The van der Waals surface area contributed by atoms with E-state index in [9.17, 15) is 29.1 Å². The number of benzene rings is 1. The molecule has 1 aromatic carbocycles. The number of hydrogen-bond donors (Lipinski definition) is 3. The molecule has 3 aliphatic heterocycles. The van der Waals surface area contributed by atoms with Gasteiger partial charge in [0.2, 0.25) is 0 Å². The number of fused-ring (bicyclic) bond motifs is 1. The van der Waals surface area contributed by atoms with E-state index in [1.54, 1.807) is 73.0 Å². The summed E-state index contributed by atoms with van der Waals surface area (Å²) in [5.41, 5.74) is -1.52. The van der Waals surface area contributed by atoms with Gasteiger partial charge in [0, 0.05) is 62.4 Å². The van der Waals surface area contributed by atoms with Gasteiger partial charge in [0.25, 0.3) is 0 Å². The fraction of sp³-hybridized carbons (Fsp3) is 0.638. The van der Waals surface area contributed by atoms with Crippen LogP contribution in [0.4, 0.5) is 14.4 Å². The van der Waals surface area contributed by atoms with E-state index in [4.69, 9.17) is 28.4 Å². The maximum Gasteiger partial charge on any atom is 0.409 e. The number of aliphatic hydroxyl groups excluding tert-OH is 1. The van der Waals surface area contributed by atoms with Gasteiger partial charge in [-0.3, -0.25) is 9.59 Å². The van der Waals surface area contributed by atoms with Crippen molar-refractivity contribution in [3.8, 4) is 11.4 Å². The number of rotatable bonds is 10. The number of cyclic esters (lactones) is 1. The molecule has 3 saturated heterocycles. The third-order valence-corrected chi connectivity index (χ3v) is 13.0. The van der Waals surface area contributed by atoms with Crippen LogP contribution < -0.4 is 10.6 Å². The standard InChI is InChI=1S/C47H68N6O12/c1-13-34-47(8)38(51-44(58)65-47)28(4)35(54)26(2)25-46(7,64-43(57)50-21-14-16-31-17-19-32(20-18-31)40-48-22-15-23-49-40)39(63-42-36(55)33(52(9)10)24-27(3)60-42)29(5)37(30(6)41(56)61-34)62-45(59)53(11)12/h14-20,22-23,26-30,33-34,36-39,42,55H,13,21,24-25H2,1-12H3,(H,50,57)(H,51,58)/t26-,27-,28+,29+,30-,33+,34-,36-,37+,38-,39-,42+,46-,47-/m1/s1. The molecule has 3 amide bonds. The van der Waals surface area contributed by atoms with Crippen molar-refractivity contribution in [1.29, 1.82) is 0 Å². The normalized spacial score (nSPS) is 34.7. The molecular weight excluding hydrogens is 841 g/mol. The van der Waals surface area contributed by atoms with Gasteiger partial charge in [-0.2, -0.15) is 0 Å². The third-order valence-electron chi connectivity index (χ3n) is 13.0. The highest BCUT2D eigenvalue weighted by Gasteiger charge is 2.58. The number of ether oxygens (including phenoxy) is 6. The molecule has 3 fully saturated rings. The Balaban J connectivity index is 1.56. The Morgan fingerprint density at radius 3 is 2.28 bits per heavy atom. The summed E-state index contributed by atoms with van der Waals surface area (Å²) in [5.74, 6) is -4.41. The molecule has 18 heteroatoms. The van der Waals surface area contributed by atoms with Gasteiger partial charge in [-0.15, -0.1) is 0 Å². The molecule has 0 spiro atoms. The lowest BCUT2D eigenvalue weighted by Crippen LogP contribution is -2.61. The van der Waals surface area contributed by atoms with Gasteiger partial charge in [0.15, 0.2) is 17.7 Å². The number of likely N-dealkylation sites (N-methyl/N-ethyl adjacent to an activating group) is 1. The maximum absolute atomic E-state index is 14.6. The molecule has 2 aromatic rings. The Labute approximate surface area is 382 Å². The average Bonchev–Trinajstić information content (AvgIpc) is 3.58. The first-order valence-corrected chi connectivity index (χ1v) is 22.4. The van der Waals surface area contributed by atoms with Crippen LogP contribution >= 0.6 is 0 Å². The van der Waals surface area contributed by atoms with Crippen LogP contribution in [0.15, 0.2) is 48.8 Å². The first kappa shape index (κ1) is 50.8. The lowest BCUT2D eigenvalue weighted by Gasteiger charge is -2.48. The molecule has 0 bridgehead atoms. The van der Waals surface area contributed by atoms with Crippen molar-refractivity contribution in [3.05, 3.63) is 54.4 Å². The molecule has 0 radical (unpaired) electrons. The van der Waals surface area contributed by atoms with Crippen molar-refractivity contribution in [2.75, 3.05) is 34.7 Å². The number of hydrogen-bond acceptors (Lipinski definition) is 15. The van der Waals surface area contributed by atoms with Crippen LogP contribution in [0.25, 0.3) is 17.5 Å². The zero-order valence-corrected chi connectivity index (χ0v) is 39.7. The zero-order valence-electron chi connectivity index (χ0n) is 39.7. The van der Waals surface area contributed by atoms with Crippen LogP contribution in [0.5, 0.6) is 0 Å². The van der Waals surface area contributed by atoms with E-state index in [0.717, 1.165) is 11.1 Å². The number of carbonyl (C=O) groups excluding carboxylic acids is 5. The summed E-state index contributed by atoms with van der Waals surface area (Å²) in [5, 5.41) is 17.3. The predicted octanol–water partition coefficient (Wildman–Crippen LogP) is 5.23. The predicted molar refractivity (Wildman–Crippen MR) is 239 cm³/mol. The number of carbonyl (C=O) groups is 5. The summed E-state index contributed by atoms with van der Waals surface area (Å²) in [6.07, 6.45) is -1.45. The molecule has 0 aliphatic carbocycles. The van der Waals surface area contributed by atoms with Gasteiger partial charge in [0.05, 0.1) is 18.1 Å². The number of Topliss-reactive ketones (excluding diaryl/α,β-unsaturated/α-hetero) is 1. The first-order valence-electron chi connectivity index (χ1n) is 22.4. The SMILES string of the molecule is CC[C@H]1OC(=O)[C@H](C)[C@@H](OC(=O)N(C)C)[C@H](C)[C@@H](O[C@@H]2O[C@H](C)C[C@H](N(C)C)[C@H]2O)[C@](C)(OC(=O)NCC=Cc2ccc(-c3ncccn3)cc2)C[C@@H](C)C(=O)[C@H](C)[C@H]2NC(=O)O[C@@]21C. The highest BCUT2D eigenvalue weighted by atomic mass is 16.7. The van der Waals surface area contributed by atoms with Crippen molar-refractivity contribution in [2.24, 2.45) is 23.7 Å². The van der Waals surface area contributed by atoms with Gasteiger partial charge < -0.3 is 54.0 Å². The van der Waals surface area contributed by atoms with Crippen molar-refractivity contribution < 1.29 is 57.5 Å². The molecule has 0 saturated carbocycles. The smallest absolute Gasteiger partial charge is 0.409 e. The van der Waals surface area contributed by atoms with Gasteiger partial charge in [-0.1, -0.05) is 64.1 Å². The second-order valence-electron chi connectivity index (χ2n) is 18.5. The molecule has 1 aromatic heterocycles. The van der Waals surface area contributed by atoms with Crippen LogP contribution in [-0.4, -0.2) is 150 Å². The lowest BCUT2D eigenvalue weighted by molar-refractivity contribution is -0.298. The van der Waals surface area contributed by atoms with Crippen LogP contribution in [0.2, 0.25) is 0 Å². The fourth-order valence-corrected chi connectivity index (χ4v) is 9.43. The van der Waals surface area contributed by atoms with Gasteiger partial charge in [0.1, 0.15) is 35.8 Å². The Morgan fingerprint density at radius 1 is 1.00 bits per heavy atom. The fourth-order valence-electron chi connectivity index (χ4n) is 9.43. The van der Waals surface area contributed by atoms with Crippen LogP contribution in [0, 0.1) is 23.7 Å². The van der Waals surface area contributed by atoms with E-state index in [1.165, 1.54) is 19.0 Å². The molecule has 4 heterocycles. The number of esters is 1. The van der Waals surface area contributed by atoms with Crippen LogP contribution in [0.1, 0.15) is 80.2 Å². The number of aromatic nitrogens is 2. The number of alkyl carbamates (subject to hydrolysis) is 2. The van der Waals surface area contributed by atoms with Crippen LogP contribution in [-0.2, 0) is 38.0 Å². The minimum Gasteiger partial charge on any atom is -0.458 e. The Kier molecular flexibility index (Phi) is 16.8. The quantitative estimate of drug-likeness (QED) is 0.206. The van der Waals surface area contributed by atoms with Gasteiger partial charge in [-0.25, -0.2) is 24.4 Å². The lowest BCUT2D eigenvalue weighted by atomic mass is 9.73. The molecule has 3 aliphatic rings. The Hall–Kier alpha value is -5.17. The zero-order chi connectivity index (χ0) is 48.0. The number of ketones is 1. The monoisotopic (exact) mass is 908 g/mol. The summed E-state index contributed by atoms with van der Waals surface area (Å²) >= 11 is 0. The van der Waals surface area contributed by atoms with E-state index >= 15 is 0 Å². The minimum atomic E-state index is -1.75. The summed E-state index contributed by atoms with van der Waals surface area (Å²) in [7, 11) is 6.65. The number of nitrogens with zero attached hydrogens (tertiary/aromatic N) is 4. The summed E-state index contributed by atoms with van der Waals surface area (Å²) < 4.78 is 37.6. The van der Waals surface area contributed by atoms with E-state index in [-0.39, 0.29) is 31.3 Å². The minimum absolute atomic E-state index is 0.0437.